The second-order valence-corrected chi connectivity index (χ2v) is 3.45. The lowest BCUT2D eigenvalue weighted by atomic mass is 10.1. The minimum atomic E-state index is -0.0576. The molecule has 0 fully saturated rings. The molecule has 2 nitrogen and oxygen atoms in total. The molecule has 0 rings (SSSR count). The maximum Gasteiger partial charge on any atom is 0.308 e. The highest BCUT2D eigenvalue weighted by Gasteiger charge is 2.12. The molecule has 0 aliphatic carbocycles. The monoisotopic (exact) mass is 172 g/mol. The first kappa shape index (κ1) is 11.5. The number of hydrogen-bond acceptors (Lipinski definition) is 2. The van der Waals surface area contributed by atoms with Crippen LogP contribution in [0.5, 0.6) is 0 Å². The first-order valence-electron chi connectivity index (χ1n) is 4.78. The SMILES string of the molecule is CCC(C)COC(=O)[C@@H](C)CC. The molecule has 0 aromatic carbocycles. The minimum absolute atomic E-state index is 0.0501. The van der Waals surface area contributed by atoms with E-state index in [4.69, 9.17) is 4.74 Å². The molecule has 0 aliphatic heterocycles. The molecule has 0 saturated carbocycles. The Kier molecular flexibility index (Phi) is 5.77. The van der Waals surface area contributed by atoms with Crippen molar-refractivity contribution in [2.45, 2.75) is 40.5 Å². The van der Waals surface area contributed by atoms with Gasteiger partial charge in [0.25, 0.3) is 0 Å². The molecule has 0 radical (unpaired) electrons. The Morgan fingerprint density at radius 3 is 2.25 bits per heavy atom. The van der Waals surface area contributed by atoms with E-state index in [1.54, 1.807) is 0 Å². The van der Waals surface area contributed by atoms with Crippen LogP contribution >= 0.6 is 0 Å². The molecule has 0 N–H and O–H groups in total. The molecular weight excluding hydrogens is 152 g/mol. The van der Waals surface area contributed by atoms with Gasteiger partial charge >= 0.3 is 5.97 Å². The molecule has 0 bridgehead atoms. The molecule has 2 heteroatoms. The predicted molar refractivity (Wildman–Crippen MR) is 49.9 cm³/mol. The van der Waals surface area contributed by atoms with Gasteiger partial charge in [0.15, 0.2) is 0 Å². The van der Waals surface area contributed by atoms with Crippen molar-refractivity contribution in [2.75, 3.05) is 6.61 Å². The summed E-state index contributed by atoms with van der Waals surface area (Å²) in [6.07, 6.45) is 1.92. The molecule has 72 valence electrons. The molecule has 1 unspecified atom stereocenters. The van der Waals surface area contributed by atoms with Gasteiger partial charge in [-0.15, -0.1) is 0 Å². The van der Waals surface area contributed by atoms with Crippen LogP contribution in [0.3, 0.4) is 0 Å². The van der Waals surface area contributed by atoms with Gasteiger partial charge in [-0.1, -0.05) is 34.1 Å². The molecule has 0 saturated heterocycles. The van der Waals surface area contributed by atoms with Gasteiger partial charge in [-0.25, -0.2) is 0 Å². The normalized spacial score (nSPS) is 15.3. The summed E-state index contributed by atoms with van der Waals surface area (Å²) in [6.45, 7) is 8.65. The zero-order valence-electron chi connectivity index (χ0n) is 8.59. The van der Waals surface area contributed by atoms with E-state index in [0.29, 0.717) is 12.5 Å². The molecule has 0 aliphatic rings. The van der Waals surface area contributed by atoms with Gasteiger partial charge in [0, 0.05) is 0 Å². The molecule has 0 spiro atoms. The lowest BCUT2D eigenvalue weighted by molar-refractivity contribution is -0.149. The van der Waals surface area contributed by atoms with Gasteiger partial charge in [-0.2, -0.15) is 0 Å². The van der Waals surface area contributed by atoms with E-state index in [0.717, 1.165) is 12.8 Å². The number of carbonyl (C=O) groups excluding carboxylic acids is 1. The number of hydrogen-bond donors (Lipinski definition) is 0. The standard InChI is InChI=1S/C10H20O2/c1-5-8(3)7-12-10(11)9(4)6-2/h8-9H,5-7H2,1-4H3/t8?,9-/m0/s1. The van der Waals surface area contributed by atoms with Crippen molar-refractivity contribution in [2.24, 2.45) is 11.8 Å². The van der Waals surface area contributed by atoms with Gasteiger partial charge in [0.05, 0.1) is 12.5 Å². The number of ether oxygens (including phenoxy) is 1. The molecule has 0 amide bonds. The third-order valence-corrected chi connectivity index (χ3v) is 2.22. The summed E-state index contributed by atoms with van der Waals surface area (Å²) in [5.41, 5.74) is 0. The summed E-state index contributed by atoms with van der Waals surface area (Å²) in [5.74, 6) is 0.477. The van der Waals surface area contributed by atoms with Crippen LogP contribution in [-0.2, 0) is 9.53 Å². The molecular formula is C10H20O2. The topological polar surface area (TPSA) is 26.3 Å². The van der Waals surface area contributed by atoms with E-state index < -0.39 is 0 Å². The Balaban J connectivity index is 3.56. The molecule has 0 aromatic rings. The summed E-state index contributed by atoms with van der Waals surface area (Å²) in [7, 11) is 0. The average molecular weight is 172 g/mol. The van der Waals surface area contributed by atoms with Crippen LogP contribution in [0.15, 0.2) is 0 Å². The van der Waals surface area contributed by atoms with Crippen molar-refractivity contribution < 1.29 is 9.53 Å². The second kappa shape index (κ2) is 6.04. The Labute approximate surface area is 75.3 Å². The van der Waals surface area contributed by atoms with Crippen LogP contribution in [0.4, 0.5) is 0 Å². The third kappa shape index (κ3) is 4.37. The van der Waals surface area contributed by atoms with Crippen LogP contribution in [0.1, 0.15) is 40.5 Å². The van der Waals surface area contributed by atoms with E-state index in [1.165, 1.54) is 0 Å². The van der Waals surface area contributed by atoms with Crippen LogP contribution in [-0.4, -0.2) is 12.6 Å². The van der Waals surface area contributed by atoms with Crippen LogP contribution in [0.2, 0.25) is 0 Å². The van der Waals surface area contributed by atoms with Crippen LogP contribution < -0.4 is 0 Å². The van der Waals surface area contributed by atoms with E-state index in [2.05, 4.69) is 13.8 Å². The number of carbonyl (C=O) groups is 1. The summed E-state index contributed by atoms with van der Waals surface area (Å²) >= 11 is 0. The first-order chi connectivity index (χ1) is 5.61. The zero-order chi connectivity index (χ0) is 9.56. The largest absolute Gasteiger partial charge is 0.465 e. The van der Waals surface area contributed by atoms with Crippen molar-refractivity contribution in [1.82, 2.24) is 0 Å². The molecule has 0 aromatic heterocycles. The van der Waals surface area contributed by atoms with Crippen molar-refractivity contribution in [1.29, 1.82) is 0 Å². The van der Waals surface area contributed by atoms with E-state index in [1.807, 2.05) is 13.8 Å². The molecule has 2 atom stereocenters. The van der Waals surface area contributed by atoms with E-state index in [9.17, 15) is 4.79 Å². The van der Waals surface area contributed by atoms with Crippen LogP contribution in [0, 0.1) is 11.8 Å². The Morgan fingerprint density at radius 1 is 1.25 bits per heavy atom. The Hall–Kier alpha value is -0.530. The van der Waals surface area contributed by atoms with Crippen molar-refractivity contribution >= 4 is 5.97 Å². The maximum atomic E-state index is 11.2. The fourth-order valence-corrected chi connectivity index (χ4v) is 0.651. The minimum Gasteiger partial charge on any atom is -0.465 e. The number of rotatable bonds is 5. The third-order valence-electron chi connectivity index (χ3n) is 2.22. The average Bonchev–Trinajstić information content (AvgIpc) is 2.11. The highest BCUT2D eigenvalue weighted by Crippen LogP contribution is 2.06. The Bertz CT molecular complexity index is 132. The number of esters is 1. The fourth-order valence-electron chi connectivity index (χ4n) is 0.651. The summed E-state index contributed by atoms with van der Waals surface area (Å²) in [5, 5.41) is 0. The van der Waals surface area contributed by atoms with Crippen molar-refractivity contribution in [3.63, 3.8) is 0 Å². The summed E-state index contributed by atoms with van der Waals surface area (Å²) in [4.78, 5) is 11.2. The van der Waals surface area contributed by atoms with Gasteiger partial charge in [-0.3, -0.25) is 4.79 Å². The van der Waals surface area contributed by atoms with Gasteiger partial charge in [0.1, 0.15) is 0 Å². The van der Waals surface area contributed by atoms with Crippen LogP contribution in [0.25, 0.3) is 0 Å². The second-order valence-electron chi connectivity index (χ2n) is 3.45. The van der Waals surface area contributed by atoms with E-state index in [-0.39, 0.29) is 11.9 Å². The Morgan fingerprint density at radius 2 is 1.83 bits per heavy atom. The zero-order valence-corrected chi connectivity index (χ0v) is 8.59. The first-order valence-corrected chi connectivity index (χ1v) is 4.78. The molecule has 0 heterocycles. The van der Waals surface area contributed by atoms with E-state index >= 15 is 0 Å². The quantitative estimate of drug-likeness (QED) is 0.596. The fraction of sp³-hybridized carbons (Fsp3) is 0.900. The van der Waals surface area contributed by atoms with Gasteiger partial charge < -0.3 is 4.74 Å². The maximum absolute atomic E-state index is 11.2. The molecule has 12 heavy (non-hydrogen) atoms. The summed E-state index contributed by atoms with van der Waals surface area (Å²) < 4.78 is 5.11. The van der Waals surface area contributed by atoms with Crippen molar-refractivity contribution in [3.05, 3.63) is 0 Å². The van der Waals surface area contributed by atoms with Gasteiger partial charge in [-0.05, 0) is 12.3 Å². The van der Waals surface area contributed by atoms with Crippen molar-refractivity contribution in [3.8, 4) is 0 Å². The van der Waals surface area contributed by atoms with Gasteiger partial charge in [0.2, 0.25) is 0 Å². The highest BCUT2D eigenvalue weighted by molar-refractivity contribution is 5.71. The smallest absolute Gasteiger partial charge is 0.308 e. The lowest BCUT2D eigenvalue weighted by Gasteiger charge is -2.12. The highest BCUT2D eigenvalue weighted by atomic mass is 16.5. The summed E-state index contributed by atoms with van der Waals surface area (Å²) in [6, 6.07) is 0. The lowest BCUT2D eigenvalue weighted by Crippen LogP contribution is -2.17. The predicted octanol–water partition coefficient (Wildman–Crippen LogP) is 2.62.